The number of nitrogens with zero attached hydrogens (tertiary/aromatic N) is 1. The molecular weight excluding hydrogens is 249 g/mol. The van der Waals surface area contributed by atoms with Crippen LogP contribution >= 0.6 is 0 Å². The maximum atomic E-state index is 12.9. The minimum absolute atomic E-state index is 0.00805. The van der Waals surface area contributed by atoms with Crippen molar-refractivity contribution in [3.63, 3.8) is 0 Å². The van der Waals surface area contributed by atoms with Crippen molar-refractivity contribution in [3.05, 3.63) is 41.2 Å². The fraction of sp³-hybridized carbons (Fsp3) is 0.286. The van der Waals surface area contributed by atoms with Crippen molar-refractivity contribution < 1.29 is 19.3 Å². The molecule has 2 aliphatic rings. The first-order valence-corrected chi connectivity index (χ1v) is 6.24. The van der Waals surface area contributed by atoms with Gasteiger partial charge in [-0.25, -0.2) is 4.39 Å². The zero-order chi connectivity index (χ0) is 13.1. The Kier molecular flexibility index (Phi) is 2.01. The fourth-order valence-electron chi connectivity index (χ4n) is 3.11. The standard InChI is InChI=1S/C14H12FNO3/c15-7-1-3-8(4-2-7)16-13(17)11-9-5-6-10(19-9)12(11)14(16)18/h1-4,9-10,17-18H,5-6H2. The first-order valence-electron chi connectivity index (χ1n) is 6.24. The molecule has 2 aliphatic heterocycles. The van der Waals surface area contributed by atoms with E-state index in [9.17, 15) is 14.6 Å². The van der Waals surface area contributed by atoms with Crippen LogP contribution in [-0.2, 0) is 4.74 Å². The number of rotatable bonds is 1. The van der Waals surface area contributed by atoms with Crippen LogP contribution in [-0.4, -0.2) is 14.8 Å². The van der Waals surface area contributed by atoms with E-state index < -0.39 is 0 Å². The van der Waals surface area contributed by atoms with Crippen molar-refractivity contribution in [2.75, 3.05) is 0 Å². The summed E-state index contributed by atoms with van der Waals surface area (Å²) in [5, 5.41) is 20.6. The van der Waals surface area contributed by atoms with E-state index >= 15 is 0 Å². The van der Waals surface area contributed by atoms with Crippen molar-refractivity contribution in [2.45, 2.75) is 25.0 Å². The van der Waals surface area contributed by atoms with E-state index in [1.807, 2.05) is 0 Å². The molecule has 1 saturated heterocycles. The third-order valence-electron chi connectivity index (χ3n) is 3.94. The number of benzene rings is 1. The SMILES string of the molecule is Oc1c2c(c(O)n1-c1ccc(F)cc1)C1CCC2O1. The number of ether oxygens (including phenoxy) is 1. The largest absolute Gasteiger partial charge is 0.494 e. The van der Waals surface area contributed by atoms with E-state index in [-0.39, 0.29) is 29.8 Å². The molecule has 0 radical (unpaired) electrons. The highest BCUT2D eigenvalue weighted by molar-refractivity contribution is 5.57. The summed E-state index contributed by atoms with van der Waals surface area (Å²) in [6.45, 7) is 0. The van der Waals surface area contributed by atoms with Crippen LogP contribution in [0, 0.1) is 5.82 Å². The number of aromatic nitrogens is 1. The molecule has 4 nitrogen and oxygen atoms in total. The lowest BCUT2D eigenvalue weighted by Crippen LogP contribution is -1.96. The van der Waals surface area contributed by atoms with Gasteiger partial charge in [0.25, 0.3) is 0 Å². The molecule has 98 valence electrons. The molecule has 2 bridgehead atoms. The predicted octanol–water partition coefficient (Wildman–Crippen LogP) is 2.93. The van der Waals surface area contributed by atoms with E-state index in [2.05, 4.69) is 0 Å². The van der Waals surface area contributed by atoms with E-state index in [4.69, 9.17) is 4.74 Å². The van der Waals surface area contributed by atoms with Crippen molar-refractivity contribution >= 4 is 0 Å². The normalized spacial score (nSPS) is 23.8. The second kappa shape index (κ2) is 3.51. The van der Waals surface area contributed by atoms with Crippen molar-refractivity contribution in [3.8, 4) is 17.4 Å². The maximum absolute atomic E-state index is 12.9. The number of fused-ring (bicyclic) bond motifs is 5. The minimum atomic E-state index is -0.356. The highest BCUT2D eigenvalue weighted by atomic mass is 19.1. The average molecular weight is 261 g/mol. The van der Waals surface area contributed by atoms with Gasteiger partial charge < -0.3 is 14.9 Å². The van der Waals surface area contributed by atoms with Crippen LogP contribution in [0.15, 0.2) is 24.3 Å². The fourth-order valence-corrected chi connectivity index (χ4v) is 3.11. The Morgan fingerprint density at radius 3 is 2.05 bits per heavy atom. The summed E-state index contributed by atoms with van der Waals surface area (Å²) in [5.74, 6) is -0.372. The molecule has 1 aromatic carbocycles. The van der Waals surface area contributed by atoms with Crippen LogP contribution in [0.1, 0.15) is 36.2 Å². The maximum Gasteiger partial charge on any atom is 0.205 e. The summed E-state index contributed by atoms with van der Waals surface area (Å²) in [4.78, 5) is 0. The summed E-state index contributed by atoms with van der Waals surface area (Å²) in [5.41, 5.74) is 1.89. The number of hydrogen-bond donors (Lipinski definition) is 2. The zero-order valence-corrected chi connectivity index (χ0v) is 10.0. The van der Waals surface area contributed by atoms with Gasteiger partial charge in [-0.05, 0) is 37.1 Å². The topological polar surface area (TPSA) is 54.6 Å². The van der Waals surface area contributed by atoms with Gasteiger partial charge >= 0.3 is 0 Å². The third-order valence-corrected chi connectivity index (χ3v) is 3.94. The number of halogens is 1. The van der Waals surface area contributed by atoms with Gasteiger partial charge in [-0.1, -0.05) is 0 Å². The van der Waals surface area contributed by atoms with Gasteiger partial charge in [0.15, 0.2) is 0 Å². The van der Waals surface area contributed by atoms with E-state index in [0.717, 1.165) is 12.8 Å². The predicted molar refractivity (Wildman–Crippen MR) is 64.9 cm³/mol. The lowest BCUT2D eigenvalue weighted by Gasteiger charge is -2.10. The molecule has 0 spiro atoms. The molecule has 4 rings (SSSR count). The van der Waals surface area contributed by atoms with E-state index in [1.165, 1.54) is 28.8 Å². The summed E-state index contributed by atoms with van der Waals surface area (Å²) >= 11 is 0. The third kappa shape index (κ3) is 1.30. The summed E-state index contributed by atoms with van der Waals surface area (Å²) in [6.07, 6.45) is 1.45. The Morgan fingerprint density at radius 2 is 1.53 bits per heavy atom. The van der Waals surface area contributed by atoms with Crippen LogP contribution in [0.5, 0.6) is 11.8 Å². The smallest absolute Gasteiger partial charge is 0.205 e. The van der Waals surface area contributed by atoms with Crippen molar-refractivity contribution in [2.24, 2.45) is 0 Å². The Morgan fingerprint density at radius 1 is 1.00 bits per heavy atom. The van der Waals surface area contributed by atoms with E-state index in [1.54, 1.807) is 0 Å². The lowest BCUT2D eigenvalue weighted by molar-refractivity contribution is 0.0683. The summed E-state index contributed by atoms with van der Waals surface area (Å²) in [7, 11) is 0. The molecule has 2 N–H and O–H groups in total. The van der Waals surface area contributed by atoms with Gasteiger partial charge in [0.1, 0.15) is 5.82 Å². The van der Waals surface area contributed by atoms with Crippen LogP contribution in [0.4, 0.5) is 4.39 Å². The molecule has 0 saturated carbocycles. The lowest BCUT2D eigenvalue weighted by atomic mass is 9.95. The van der Waals surface area contributed by atoms with Gasteiger partial charge in [-0.3, -0.25) is 4.57 Å². The zero-order valence-electron chi connectivity index (χ0n) is 10.0. The Labute approximate surface area is 108 Å². The number of aromatic hydroxyl groups is 2. The molecule has 0 amide bonds. The molecule has 3 heterocycles. The Bertz CT molecular complexity index is 629. The molecule has 2 unspecified atom stereocenters. The molecule has 1 fully saturated rings. The second-order valence-electron chi connectivity index (χ2n) is 4.98. The van der Waals surface area contributed by atoms with Gasteiger partial charge in [-0.2, -0.15) is 0 Å². The van der Waals surface area contributed by atoms with Crippen molar-refractivity contribution in [1.82, 2.24) is 4.57 Å². The highest BCUT2D eigenvalue weighted by Crippen LogP contribution is 2.58. The summed E-state index contributed by atoms with van der Waals surface area (Å²) in [6, 6.07) is 5.63. The molecule has 2 aromatic rings. The summed E-state index contributed by atoms with van der Waals surface area (Å²) < 4.78 is 20.0. The van der Waals surface area contributed by atoms with Crippen LogP contribution in [0.2, 0.25) is 0 Å². The minimum Gasteiger partial charge on any atom is -0.494 e. The van der Waals surface area contributed by atoms with Gasteiger partial charge in [0.05, 0.1) is 29.0 Å². The van der Waals surface area contributed by atoms with Crippen molar-refractivity contribution in [1.29, 1.82) is 0 Å². The Hall–Kier alpha value is -2.01. The molecule has 19 heavy (non-hydrogen) atoms. The molecule has 2 atom stereocenters. The van der Waals surface area contributed by atoms with Gasteiger partial charge in [0.2, 0.25) is 11.8 Å². The number of hydrogen-bond acceptors (Lipinski definition) is 3. The quantitative estimate of drug-likeness (QED) is 0.829. The first-order chi connectivity index (χ1) is 9.16. The first kappa shape index (κ1) is 10.9. The van der Waals surface area contributed by atoms with Gasteiger partial charge in [0, 0.05) is 0 Å². The van der Waals surface area contributed by atoms with E-state index in [0.29, 0.717) is 16.8 Å². The molecule has 5 heteroatoms. The molecule has 0 aliphatic carbocycles. The van der Waals surface area contributed by atoms with Gasteiger partial charge in [-0.15, -0.1) is 0 Å². The van der Waals surface area contributed by atoms with Crippen LogP contribution in [0.25, 0.3) is 5.69 Å². The second-order valence-corrected chi connectivity index (χ2v) is 4.98. The average Bonchev–Trinajstić information content (AvgIpc) is 3.06. The molecule has 1 aromatic heterocycles. The monoisotopic (exact) mass is 261 g/mol. The highest BCUT2D eigenvalue weighted by Gasteiger charge is 2.45. The molecular formula is C14H12FNO3. The van der Waals surface area contributed by atoms with Crippen LogP contribution in [0.3, 0.4) is 0 Å². The Balaban J connectivity index is 1.93. The van der Waals surface area contributed by atoms with Crippen LogP contribution < -0.4 is 0 Å².